The van der Waals surface area contributed by atoms with Crippen molar-refractivity contribution in [3.63, 3.8) is 0 Å². The highest BCUT2D eigenvalue weighted by Gasteiger charge is 2.28. The van der Waals surface area contributed by atoms with E-state index >= 15 is 0 Å². The normalized spacial score (nSPS) is 25.3. The van der Waals surface area contributed by atoms with E-state index in [1.807, 2.05) is 30.3 Å². The maximum atomic E-state index is 11.6. The molecule has 1 aromatic carbocycles. The molecule has 112 valence electrons. The molecule has 2 rings (SSSR count). The molecule has 3 atom stereocenters. The topological polar surface area (TPSA) is 66.4 Å². The van der Waals surface area contributed by atoms with Crippen LogP contribution in [0.15, 0.2) is 30.3 Å². The zero-order chi connectivity index (χ0) is 14.6. The Morgan fingerprint density at radius 3 is 2.65 bits per heavy atom. The molecule has 20 heavy (non-hydrogen) atoms. The summed E-state index contributed by atoms with van der Waals surface area (Å²) in [7, 11) is -2.95. The maximum absolute atomic E-state index is 11.6. The molecule has 0 spiro atoms. The molecule has 0 radical (unpaired) electrons. The summed E-state index contributed by atoms with van der Waals surface area (Å²) in [5, 5.41) is 13.2. The molecule has 1 aliphatic rings. The predicted octanol–water partition coefficient (Wildman–Crippen LogP) is 1.67. The van der Waals surface area contributed by atoms with Crippen LogP contribution >= 0.6 is 0 Å². The summed E-state index contributed by atoms with van der Waals surface area (Å²) < 4.78 is 23.2. The van der Waals surface area contributed by atoms with Crippen LogP contribution in [0.3, 0.4) is 0 Å². The van der Waals surface area contributed by atoms with Gasteiger partial charge in [0.25, 0.3) is 0 Å². The molecular weight excluding hydrogens is 274 g/mol. The second kappa shape index (κ2) is 6.70. The SMILES string of the molecule is CS(=O)(=O)C1CCCC(NCC(O)c2ccccc2)C1. The summed E-state index contributed by atoms with van der Waals surface area (Å²) >= 11 is 0. The third kappa shape index (κ3) is 4.30. The van der Waals surface area contributed by atoms with Crippen molar-refractivity contribution in [2.45, 2.75) is 43.1 Å². The number of sulfone groups is 1. The van der Waals surface area contributed by atoms with Crippen LogP contribution in [-0.4, -0.2) is 37.6 Å². The van der Waals surface area contributed by atoms with Crippen molar-refractivity contribution in [2.75, 3.05) is 12.8 Å². The molecule has 1 fully saturated rings. The molecule has 0 heterocycles. The first-order chi connectivity index (χ1) is 9.47. The van der Waals surface area contributed by atoms with Gasteiger partial charge in [-0.2, -0.15) is 0 Å². The lowest BCUT2D eigenvalue weighted by atomic mass is 9.94. The van der Waals surface area contributed by atoms with Gasteiger partial charge in [0.2, 0.25) is 0 Å². The number of nitrogens with one attached hydrogen (secondary N) is 1. The van der Waals surface area contributed by atoms with Gasteiger partial charge in [-0.3, -0.25) is 0 Å². The molecule has 3 unspecified atom stereocenters. The summed E-state index contributed by atoms with van der Waals surface area (Å²) in [6, 6.07) is 9.69. The van der Waals surface area contributed by atoms with Gasteiger partial charge >= 0.3 is 0 Å². The van der Waals surface area contributed by atoms with Gasteiger partial charge in [0.05, 0.1) is 11.4 Å². The van der Waals surface area contributed by atoms with E-state index in [9.17, 15) is 13.5 Å². The molecule has 0 aromatic heterocycles. The first kappa shape index (κ1) is 15.5. The Kier molecular flexibility index (Phi) is 5.18. The fourth-order valence-corrected chi connectivity index (χ4v) is 3.97. The first-order valence-corrected chi connectivity index (χ1v) is 9.07. The summed E-state index contributed by atoms with van der Waals surface area (Å²) in [6.45, 7) is 0.463. The van der Waals surface area contributed by atoms with E-state index in [4.69, 9.17) is 0 Å². The highest BCUT2D eigenvalue weighted by molar-refractivity contribution is 7.91. The number of benzene rings is 1. The molecule has 0 aliphatic heterocycles. The molecule has 0 saturated heterocycles. The van der Waals surface area contributed by atoms with Crippen LogP contribution in [-0.2, 0) is 9.84 Å². The number of aliphatic hydroxyl groups is 1. The van der Waals surface area contributed by atoms with Gasteiger partial charge in [-0.05, 0) is 24.8 Å². The lowest BCUT2D eigenvalue weighted by molar-refractivity contribution is 0.166. The van der Waals surface area contributed by atoms with Crippen molar-refractivity contribution in [3.8, 4) is 0 Å². The molecule has 1 aliphatic carbocycles. The predicted molar refractivity (Wildman–Crippen MR) is 80.3 cm³/mol. The molecule has 1 aromatic rings. The number of hydrogen-bond acceptors (Lipinski definition) is 4. The number of rotatable bonds is 5. The van der Waals surface area contributed by atoms with Crippen LogP contribution in [0, 0.1) is 0 Å². The Hall–Kier alpha value is -0.910. The van der Waals surface area contributed by atoms with Crippen LogP contribution in [0.1, 0.15) is 37.4 Å². The minimum Gasteiger partial charge on any atom is -0.387 e. The van der Waals surface area contributed by atoms with Crippen molar-refractivity contribution in [2.24, 2.45) is 0 Å². The summed E-state index contributed by atoms with van der Waals surface area (Å²) in [5.74, 6) is 0. The molecule has 1 saturated carbocycles. The Bertz CT molecular complexity index is 515. The lowest BCUT2D eigenvalue weighted by Gasteiger charge is -2.29. The van der Waals surface area contributed by atoms with Gasteiger partial charge in [-0.1, -0.05) is 36.8 Å². The summed E-state index contributed by atoms with van der Waals surface area (Å²) in [5.41, 5.74) is 0.885. The van der Waals surface area contributed by atoms with Gasteiger partial charge in [0, 0.05) is 18.8 Å². The second-order valence-electron chi connectivity index (χ2n) is 5.65. The second-order valence-corrected chi connectivity index (χ2v) is 7.98. The fourth-order valence-electron chi connectivity index (χ4n) is 2.79. The van der Waals surface area contributed by atoms with Gasteiger partial charge in [0.1, 0.15) is 9.84 Å². The van der Waals surface area contributed by atoms with Crippen LogP contribution in [0.4, 0.5) is 0 Å². The number of hydrogen-bond donors (Lipinski definition) is 2. The van der Waals surface area contributed by atoms with Crippen LogP contribution in [0.5, 0.6) is 0 Å². The average Bonchev–Trinajstić information content (AvgIpc) is 2.45. The van der Waals surface area contributed by atoms with E-state index in [1.54, 1.807) is 0 Å². The minimum atomic E-state index is -2.95. The first-order valence-electron chi connectivity index (χ1n) is 7.12. The highest BCUT2D eigenvalue weighted by atomic mass is 32.2. The molecular formula is C15H23NO3S. The van der Waals surface area contributed by atoms with E-state index in [0.717, 1.165) is 24.8 Å². The van der Waals surface area contributed by atoms with Crippen molar-refractivity contribution in [1.82, 2.24) is 5.32 Å². The van der Waals surface area contributed by atoms with E-state index in [2.05, 4.69) is 5.32 Å². The van der Waals surface area contributed by atoms with Gasteiger partial charge < -0.3 is 10.4 Å². The molecule has 0 amide bonds. The van der Waals surface area contributed by atoms with Gasteiger partial charge in [-0.25, -0.2) is 8.42 Å². The zero-order valence-electron chi connectivity index (χ0n) is 11.8. The quantitative estimate of drug-likeness (QED) is 0.867. The van der Waals surface area contributed by atoms with Crippen LogP contribution in [0.2, 0.25) is 0 Å². The Morgan fingerprint density at radius 2 is 2.00 bits per heavy atom. The van der Waals surface area contributed by atoms with E-state index in [0.29, 0.717) is 13.0 Å². The zero-order valence-corrected chi connectivity index (χ0v) is 12.6. The average molecular weight is 297 g/mol. The molecule has 2 N–H and O–H groups in total. The largest absolute Gasteiger partial charge is 0.387 e. The lowest BCUT2D eigenvalue weighted by Crippen LogP contribution is -2.40. The molecule has 5 heteroatoms. The van der Waals surface area contributed by atoms with Gasteiger partial charge in [-0.15, -0.1) is 0 Å². The van der Waals surface area contributed by atoms with Crippen molar-refractivity contribution >= 4 is 9.84 Å². The van der Waals surface area contributed by atoms with Crippen LogP contribution < -0.4 is 5.32 Å². The van der Waals surface area contributed by atoms with Crippen LogP contribution in [0.25, 0.3) is 0 Å². The van der Waals surface area contributed by atoms with E-state index in [-0.39, 0.29) is 11.3 Å². The van der Waals surface area contributed by atoms with Crippen molar-refractivity contribution in [1.29, 1.82) is 0 Å². The monoisotopic (exact) mass is 297 g/mol. The number of aliphatic hydroxyl groups excluding tert-OH is 1. The summed E-state index contributed by atoms with van der Waals surface area (Å²) in [4.78, 5) is 0. The van der Waals surface area contributed by atoms with Crippen molar-refractivity contribution in [3.05, 3.63) is 35.9 Å². The summed E-state index contributed by atoms with van der Waals surface area (Å²) in [6.07, 6.45) is 4.09. The Labute approximate surface area is 121 Å². The fraction of sp³-hybridized carbons (Fsp3) is 0.600. The van der Waals surface area contributed by atoms with Gasteiger partial charge in [0.15, 0.2) is 0 Å². The third-order valence-electron chi connectivity index (χ3n) is 4.02. The standard InChI is InChI=1S/C15H23NO3S/c1-20(18,19)14-9-5-8-13(10-14)16-11-15(17)12-6-3-2-4-7-12/h2-4,6-7,13-17H,5,8-11H2,1H3. The Balaban J connectivity index is 1.85. The van der Waals surface area contributed by atoms with E-state index in [1.165, 1.54) is 6.26 Å². The molecule has 0 bridgehead atoms. The smallest absolute Gasteiger partial charge is 0.150 e. The third-order valence-corrected chi connectivity index (χ3v) is 5.65. The molecule has 4 nitrogen and oxygen atoms in total. The highest BCUT2D eigenvalue weighted by Crippen LogP contribution is 2.24. The minimum absolute atomic E-state index is 0.182. The maximum Gasteiger partial charge on any atom is 0.150 e. The van der Waals surface area contributed by atoms with E-state index < -0.39 is 15.9 Å². The van der Waals surface area contributed by atoms with Crippen molar-refractivity contribution < 1.29 is 13.5 Å². The Morgan fingerprint density at radius 1 is 1.30 bits per heavy atom.